The fraction of sp³-hybridized carbons (Fsp3) is 0.312. The molecule has 4 heteroatoms. The van der Waals surface area contributed by atoms with Gasteiger partial charge >= 0.3 is 5.97 Å². The maximum Gasteiger partial charge on any atom is 0.320 e. The minimum atomic E-state index is -0.789. The van der Waals surface area contributed by atoms with Crippen molar-refractivity contribution in [3.8, 4) is 11.3 Å². The van der Waals surface area contributed by atoms with Crippen molar-refractivity contribution in [3.05, 3.63) is 47.7 Å². The molecule has 1 aliphatic heterocycles. The summed E-state index contributed by atoms with van der Waals surface area (Å²) in [6, 6.07) is 11.6. The van der Waals surface area contributed by atoms with Crippen LogP contribution in [0.4, 0.5) is 0 Å². The van der Waals surface area contributed by atoms with E-state index in [1.807, 2.05) is 35.2 Å². The SMILES string of the molecule is CC(C(=O)O)N1CCc2cc(-c3ccccc3)oc2C1. The first kappa shape index (κ1) is 12.9. The fourth-order valence-corrected chi connectivity index (χ4v) is 2.57. The number of nitrogens with zero attached hydrogens (tertiary/aromatic N) is 1. The Balaban J connectivity index is 1.85. The predicted molar refractivity (Wildman–Crippen MR) is 75.4 cm³/mol. The summed E-state index contributed by atoms with van der Waals surface area (Å²) in [7, 11) is 0. The van der Waals surface area contributed by atoms with E-state index < -0.39 is 12.0 Å². The van der Waals surface area contributed by atoms with Gasteiger partial charge in [-0.1, -0.05) is 30.3 Å². The Hall–Kier alpha value is -2.07. The number of carbonyl (C=O) groups is 1. The Bertz CT molecular complexity index is 618. The summed E-state index contributed by atoms with van der Waals surface area (Å²) in [4.78, 5) is 13.0. The molecule has 0 aliphatic carbocycles. The zero-order chi connectivity index (χ0) is 14.1. The quantitative estimate of drug-likeness (QED) is 0.932. The molecular formula is C16H17NO3. The molecule has 0 spiro atoms. The van der Waals surface area contributed by atoms with Gasteiger partial charge in [0.25, 0.3) is 0 Å². The first-order chi connectivity index (χ1) is 9.65. The van der Waals surface area contributed by atoms with Crippen molar-refractivity contribution in [2.24, 2.45) is 0 Å². The molecule has 0 bridgehead atoms. The van der Waals surface area contributed by atoms with Crippen LogP contribution in [-0.4, -0.2) is 28.6 Å². The normalized spacial score (nSPS) is 16.6. The summed E-state index contributed by atoms with van der Waals surface area (Å²) in [6.07, 6.45) is 0.837. The number of furan rings is 1. The van der Waals surface area contributed by atoms with Gasteiger partial charge in [-0.05, 0) is 25.0 Å². The summed E-state index contributed by atoms with van der Waals surface area (Å²) in [5, 5.41) is 9.09. The Morgan fingerprint density at radius 1 is 1.35 bits per heavy atom. The van der Waals surface area contributed by atoms with Crippen LogP contribution in [0.3, 0.4) is 0 Å². The lowest BCUT2D eigenvalue weighted by Crippen LogP contribution is -2.41. The highest BCUT2D eigenvalue weighted by molar-refractivity contribution is 5.73. The van der Waals surface area contributed by atoms with Gasteiger partial charge in [0.1, 0.15) is 17.6 Å². The van der Waals surface area contributed by atoms with Crippen LogP contribution >= 0.6 is 0 Å². The Labute approximate surface area is 117 Å². The highest BCUT2D eigenvalue weighted by Crippen LogP contribution is 2.29. The highest BCUT2D eigenvalue weighted by atomic mass is 16.4. The number of hydrogen-bond acceptors (Lipinski definition) is 3. The van der Waals surface area contributed by atoms with Crippen LogP contribution in [0.15, 0.2) is 40.8 Å². The van der Waals surface area contributed by atoms with Crippen LogP contribution in [0.5, 0.6) is 0 Å². The molecule has 20 heavy (non-hydrogen) atoms. The van der Waals surface area contributed by atoms with E-state index in [1.165, 1.54) is 5.56 Å². The number of fused-ring (bicyclic) bond motifs is 1. The van der Waals surface area contributed by atoms with Crippen LogP contribution in [0, 0.1) is 0 Å². The smallest absolute Gasteiger partial charge is 0.320 e. The monoisotopic (exact) mass is 271 g/mol. The molecule has 1 atom stereocenters. The van der Waals surface area contributed by atoms with Crippen molar-refractivity contribution in [1.82, 2.24) is 4.90 Å². The van der Waals surface area contributed by atoms with Crippen molar-refractivity contribution < 1.29 is 14.3 Å². The second-order valence-corrected chi connectivity index (χ2v) is 5.16. The lowest BCUT2D eigenvalue weighted by molar-refractivity contribution is -0.143. The molecular weight excluding hydrogens is 254 g/mol. The lowest BCUT2D eigenvalue weighted by atomic mass is 10.1. The van der Waals surface area contributed by atoms with E-state index in [4.69, 9.17) is 9.52 Å². The topological polar surface area (TPSA) is 53.7 Å². The van der Waals surface area contributed by atoms with Gasteiger partial charge in [0.05, 0.1) is 6.54 Å². The lowest BCUT2D eigenvalue weighted by Gasteiger charge is -2.28. The number of carboxylic acid groups (broad SMARTS) is 1. The van der Waals surface area contributed by atoms with E-state index in [0.29, 0.717) is 6.54 Å². The Morgan fingerprint density at radius 3 is 2.80 bits per heavy atom. The van der Waals surface area contributed by atoms with Gasteiger partial charge in [-0.2, -0.15) is 0 Å². The first-order valence-electron chi connectivity index (χ1n) is 6.79. The van der Waals surface area contributed by atoms with E-state index in [0.717, 1.165) is 30.0 Å². The fourth-order valence-electron chi connectivity index (χ4n) is 2.57. The zero-order valence-electron chi connectivity index (χ0n) is 11.4. The largest absolute Gasteiger partial charge is 0.480 e. The number of carboxylic acids is 1. The molecule has 1 N–H and O–H groups in total. The third-order valence-electron chi connectivity index (χ3n) is 3.88. The van der Waals surface area contributed by atoms with Crippen molar-refractivity contribution >= 4 is 5.97 Å². The van der Waals surface area contributed by atoms with E-state index in [1.54, 1.807) is 6.92 Å². The number of benzene rings is 1. The molecule has 2 aromatic rings. The molecule has 1 aromatic heterocycles. The van der Waals surface area contributed by atoms with Gasteiger partial charge in [0.2, 0.25) is 0 Å². The van der Waals surface area contributed by atoms with Gasteiger partial charge in [0, 0.05) is 12.1 Å². The summed E-state index contributed by atoms with van der Waals surface area (Å²) < 4.78 is 5.92. The van der Waals surface area contributed by atoms with E-state index in [-0.39, 0.29) is 0 Å². The zero-order valence-corrected chi connectivity index (χ0v) is 11.4. The Kier molecular flexibility index (Phi) is 3.32. The molecule has 104 valence electrons. The first-order valence-corrected chi connectivity index (χ1v) is 6.79. The summed E-state index contributed by atoms with van der Waals surface area (Å²) in [5.41, 5.74) is 2.25. The molecule has 3 rings (SSSR count). The van der Waals surface area contributed by atoms with Crippen molar-refractivity contribution in [2.45, 2.75) is 25.9 Å². The predicted octanol–water partition coefficient (Wildman–Crippen LogP) is 2.78. The van der Waals surface area contributed by atoms with Crippen molar-refractivity contribution in [1.29, 1.82) is 0 Å². The summed E-state index contributed by atoms with van der Waals surface area (Å²) >= 11 is 0. The second-order valence-electron chi connectivity index (χ2n) is 5.16. The van der Waals surface area contributed by atoms with Crippen LogP contribution in [0.25, 0.3) is 11.3 Å². The van der Waals surface area contributed by atoms with Gasteiger partial charge < -0.3 is 9.52 Å². The standard InChI is InChI=1S/C16H17NO3/c1-11(16(18)19)17-8-7-13-9-14(20-15(13)10-17)12-5-3-2-4-6-12/h2-6,9,11H,7-8,10H2,1H3,(H,18,19). The van der Waals surface area contributed by atoms with Crippen LogP contribution in [0.1, 0.15) is 18.2 Å². The van der Waals surface area contributed by atoms with Crippen LogP contribution in [-0.2, 0) is 17.8 Å². The highest BCUT2D eigenvalue weighted by Gasteiger charge is 2.27. The minimum absolute atomic E-state index is 0.478. The average Bonchev–Trinajstić information content (AvgIpc) is 2.90. The van der Waals surface area contributed by atoms with Gasteiger partial charge in [-0.3, -0.25) is 9.69 Å². The Morgan fingerprint density at radius 2 is 2.10 bits per heavy atom. The van der Waals surface area contributed by atoms with Crippen LogP contribution < -0.4 is 0 Å². The number of aliphatic carboxylic acids is 1. The molecule has 1 unspecified atom stereocenters. The molecule has 0 saturated carbocycles. The number of rotatable bonds is 3. The van der Waals surface area contributed by atoms with Crippen molar-refractivity contribution in [2.75, 3.05) is 6.54 Å². The summed E-state index contributed by atoms with van der Waals surface area (Å²) in [5.74, 6) is 0.965. The van der Waals surface area contributed by atoms with Gasteiger partial charge in [-0.25, -0.2) is 0 Å². The molecule has 1 aliphatic rings. The van der Waals surface area contributed by atoms with Crippen molar-refractivity contribution in [3.63, 3.8) is 0 Å². The molecule has 0 fully saturated rings. The molecule has 1 aromatic carbocycles. The minimum Gasteiger partial charge on any atom is -0.480 e. The molecule has 0 amide bonds. The molecule has 0 radical (unpaired) electrons. The molecule has 2 heterocycles. The third kappa shape index (κ3) is 2.34. The van der Waals surface area contributed by atoms with E-state index >= 15 is 0 Å². The third-order valence-corrected chi connectivity index (χ3v) is 3.88. The maximum atomic E-state index is 11.1. The van der Waals surface area contributed by atoms with Gasteiger partial charge in [-0.15, -0.1) is 0 Å². The van der Waals surface area contributed by atoms with Crippen LogP contribution in [0.2, 0.25) is 0 Å². The number of hydrogen-bond donors (Lipinski definition) is 1. The summed E-state index contributed by atoms with van der Waals surface area (Å²) in [6.45, 7) is 3.04. The van der Waals surface area contributed by atoms with E-state index in [2.05, 4.69) is 6.07 Å². The van der Waals surface area contributed by atoms with Gasteiger partial charge in [0.15, 0.2) is 0 Å². The maximum absolute atomic E-state index is 11.1. The molecule has 0 saturated heterocycles. The second kappa shape index (κ2) is 5.13. The molecule has 4 nitrogen and oxygen atoms in total. The average molecular weight is 271 g/mol. The van der Waals surface area contributed by atoms with E-state index in [9.17, 15) is 4.79 Å².